The molecule has 0 aromatic heterocycles. The van der Waals surface area contributed by atoms with Gasteiger partial charge in [-0.25, -0.2) is 4.39 Å². The first kappa shape index (κ1) is 14.1. The lowest BCUT2D eigenvalue weighted by Gasteiger charge is -2.11. The monoisotopic (exact) mass is 295 g/mol. The first-order valence-corrected chi connectivity index (χ1v) is 6.84. The van der Waals surface area contributed by atoms with Gasteiger partial charge in [0.1, 0.15) is 18.2 Å². The molecule has 3 aromatic carbocycles. The minimum absolute atomic E-state index is 0.275. The average molecular weight is 295 g/mol. The highest BCUT2D eigenvalue weighted by atomic mass is 19.1. The van der Waals surface area contributed by atoms with Gasteiger partial charge in [0.05, 0.1) is 6.21 Å². The Morgan fingerprint density at radius 1 is 1.00 bits per heavy atom. The van der Waals surface area contributed by atoms with Crippen molar-refractivity contribution in [1.82, 2.24) is 0 Å². The van der Waals surface area contributed by atoms with Gasteiger partial charge in [-0.1, -0.05) is 47.6 Å². The largest absolute Gasteiger partial charge is 0.488 e. The molecule has 0 amide bonds. The first-order chi connectivity index (χ1) is 10.8. The Morgan fingerprint density at radius 2 is 1.77 bits per heavy atom. The predicted molar refractivity (Wildman–Crippen MR) is 84.1 cm³/mol. The van der Waals surface area contributed by atoms with Crippen molar-refractivity contribution in [1.29, 1.82) is 0 Å². The second-order valence-corrected chi connectivity index (χ2v) is 4.86. The summed E-state index contributed by atoms with van der Waals surface area (Å²) in [7, 11) is 0. The smallest absolute Gasteiger partial charge is 0.129 e. The van der Waals surface area contributed by atoms with Crippen LogP contribution in [-0.2, 0) is 6.61 Å². The number of ether oxygens (including phenoxy) is 1. The van der Waals surface area contributed by atoms with Crippen LogP contribution in [0.1, 0.15) is 11.1 Å². The van der Waals surface area contributed by atoms with E-state index in [1.54, 1.807) is 12.1 Å². The number of hydrogen-bond acceptors (Lipinski definition) is 3. The number of benzene rings is 3. The van der Waals surface area contributed by atoms with Crippen LogP contribution in [0.2, 0.25) is 0 Å². The van der Waals surface area contributed by atoms with Crippen molar-refractivity contribution in [3.05, 3.63) is 77.6 Å². The van der Waals surface area contributed by atoms with E-state index in [1.807, 2.05) is 36.4 Å². The highest BCUT2D eigenvalue weighted by molar-refractivity contribution is 6.02. The summed E-state index contributed by atoms with van der Waals surface area (Å²) in [5, 5.41) is 14.0. The van der Waals surface area contributed by atoms with E-state index in [4.69, 9.17) is 9.94 Å². The van der Waals surface area contributed by atoms with Crippen LogP contribution in [0, 0.1) is 5.82 Å². The van der Waals surface area contributed by atoms with E-state index in [9.17, 15) is 4.39 Å². The van der Waals surface area contributed by atoms with Gasteiger partial charge in [0.2, 0.25) is 0 Å². The lowest BCUT2D eigenvalue weighted by Crippen LogP contribution is -1.99. The van der Waals surface area contributed by atoms with Gasteiger partial charge in [-0.2, -0.15) is 0 Å². The lowest BCUT2D eigenvalue weighted by atomic mass is 10.0. The van der Waals surface area contributed by atoms with E-state index in [0.717, 1.165) is 16.3 Å². The molecule has 1 N–H and O–H groups in total. The van der Waals surface area contributed by atoms with Gasteiger partial charge in [0, 0.05) is 5.56 Å². The number of nitrogens with zero attached hydrogens (tertiary/aromatic N) is 1. The van der Waals surface area contributed by atoms with Gasteiger partial charge in [-0.3, -0.25) is 0 Å². The molecule has 0 radical (unpaired) electrons. The zero-order chi connectivity index (χ0) is 15.4. The summed E-state index contributed by atoms with van der Waals surface area (Å²) >= 11 is 0. The quantitative estimate of drug-likeness (QED) is 0.441. The molecular formula is C18H14FNO2. The molecule has 0 heterocycles. The average Bonchev–Trinajstić information content (AvgIpc) is 2.56. The molecule has 0 spiro atoms. The first-order valence-electron chi connectivity index (χ1n) is 6.84. The van der Waals surface area contributed by atoms with Crippen LogP contribution in [0.15, 0.2) is 65.8 Å². The number of oxime groups is 1. The Balaban J connectivity index is 1.92. The molecular weight excluding hydrogens is 281 g/mol. The number of hydrogen-bond donors (Lipinski definition) is 1. The number of fused-ring (bicyclic) bond motifs is 1. The Bertz CT molecular complexity index is 813. The van der Waals surface area contributed by atoms with Crippen LogP contribution in [0.5, 0.6) is 5.75 Å². The number of halogens is 1. The molecule has 0 aliphatic rings. The molecule has 3 nitrogen and oxygen atoms in total. The van der Waals surface area contributed by atoms with Crippen LogP contribution in [0.3, 0.4) is 0 Å². The van der Waals surface area contributed by atoms with Crippen molar-refractivity contribution in [2.75, 3.05) is 0 Å². The van der Waals surface area contributed by atoms with Crippen molar-refractivity contribution in [2.24, 2.45) is 5.16 Å². The SMILES string of the molecule is O/N=C\c1c(OCc2ccc(F)cc2)ccc2ccccc12. The topological polar surface area (TPSA) is 41.8 Å². The standard InChI is InChI=1S/C18H14FNO2/c19-15-8-5-13(6-9-15)12-22-18-10-7-14-3-1-2-4-16(14)17(18)11-20-21/h1-11,21H,12H2/b20-11-. The van der Waals surface area contributed by atoms with Gasteiger partial charge in [-0.15, -0.1) is 0 Å². The fraction of sp³-hybridized carbons (Fsp3) is 0.0556. The van der Waals surface area contributed by atoms with Crippen LogP contribution < -0.4 is 4.74 Å². The molecule has 3 rings (SSSR count). The fourth-order valence-corrected chi connectivity index (χ4v) is 2.33. The Kier molecular flexibility index (Phi) is 4.01. The van der Waals surface area contributed by atoms with Crippen LogP contribution in [0.25, 0.3) is 10.8 Å². The highest BCUT2D eigenvalue weighted by Crippen LogP contribution is 2.27. The van der Waals surface area contributed by atoms with Gasteiger partial charge >= 0.3 is 0 Å². The third kappa shape index (κ3) is 2.91. The minimum atomic E-state index is -0.275. The van der Waals surface area contributed by atoms with E-state index in [1.165, 1.54) is 18.3 Å². The minimum Gasteiger partial charge on any atom is -0.488 e. The van der Waals surface area contributed by atoms with Gasteiger partial charge in [0.25, 0.3) is 0 Å². The summed E-state index contributed by atoms with van der Waals surface area (Å²) in [6, 6.07) is 17.7. The Hall–Kier alpha value is -2.88. The molecule has 0 atom stereocenters. The molecule has 22 heavy (non-hydrogen) atoms. The molecule has 110 valence electrons. The molecule has 3 aromatic rings. The maximum absolute atomic E-state index is 12.9. The molecule has 4 heteroatoms. The van der Waals surface area contributed by atoms with E-state index in [-0.39, 0.29) is 5.82 Å². The Labute approximate surface area is 127 Å². The molecule has 0 unspecified atom stereocenters. The van der Waals surface area contributed by atoms with Crippen molar-refractivity contribution in [3.8, 4) is 5.75 Å². The summed E-state index contributed by atoms with van der Waals surface area (Å²) in [4.78, 5) is 0. The third-order valence-electron chi connectivity index (χ3n) is 3.43. The summed E-state index contributed by atoms with van der Waals surface area (Å²) < 4.78 is 18.7. The normalized spacial score (nSPS) is 11.1. The van der Waals surface area contributed by atoms with Gasteiger partial charge in [0.15, 0.2) is 0 Å². The molecule has 0 fully saturated rings. The maximum atomic E-state index is 12.9. The van der Waals surface area contributed by atoms with Gasteiger partial charge in [-0.05, 0) is 34.5 Å². The van der Waals surface area contributed by atoms with Crippen LogP contribution in [-0.4, -0.2) is 11.4 Å². The van der Waals surface area contributed by atoms with Crippen molar-refractivity contribution in [2.45, 2.75) is 6.61 Å². The van der Waals surface area contributed by atoms with Crippen molar-refractivity contribution in [3.63, 3.8) is 0 Å². The second kappa shape index (κ2) is 6.26. The molecule has 0 saturated carbocycles. The van der Waals surface area contributed by atoms with Crippen LogP contribution in [0.4, 0.5) is 4.39 Å². The zero-order valence-electron chi connectivity index (χ0n) is 11.7. The van der Waals surface area contributed by atoms with E-state index >= 15 is 0 Å². The maximum Gasteiger partial charge on any atom is 0.129 e. The molecule has 0 aliphatic carbocycles. The second-order valence-electron chi connectivity index (χ2n) is 4.86. The lowest BCUT2D eigenvalue weighted by molar-refractivity contribution is 0.304. The van der Waals surface area contributed by atoms with E-state index in [0.29, 0.717) is 17.9 Å². The summed E-state index contributed by atoms with van der Waals surface area (Å²) in [5.74, 6) is 0.336. The van der Waals surface area contributed by atoms with E-state index in [2.05, 4.69) is 5.16 Å². The number of rotatable bonds is 4. The summed E-state index contributed by atoms with van der Waals surface area (Å²) in [6.45, 7) is 0.310. The summed E-state index contributed by atoms with van der Waals surface area (Å²) in [5.41, 5.74) is 1.57. The van der Waals surface area contributed by atoms with Crippen molar-refractivity contribution < 1.29 is 14.3 Å². The zero-order valence-corrected chi connectivity index (χ0v) is 11.7. The van der Waals surface area contributed by atoms with Crippen molar-refractivity contribution >= 4 is 17.0 Å². The van der Waals surface area contributed by atoms with E-state index < -0.39 is 0 Å². The molecule has 0 aliphatic heterocycles. The molecule has 0 saturated heterocycles. The Morgan fingerprint density at radius 3 is 2.55 bits per heavy atom. The van der Waals surface area contributed by atoms with Crippen LogP contribution >= 0.6 is 0 Å². The fourth-order valence-electron chi connectivity index (χ4n) is 2.33. The van der Waals surface area contributed by atoms with Gasteiger partial charge < -0.3 is 9.94 Å². The summed E-state index contributed by atoms with van der Waals surface area (Å²) in [6.07, 6.45) is 1.36. The predicted octanol–water partition coefficient (Wildman–Crippen LogP) is 4.37. The molecule has 0 bridgehead atoms. The third-order valence-corrected chi connectivity index (χ3v) is 3.43. The highest BCUT2D eigenvalue weighted by Gasteiger charge is 2.07.